The van der Waals surface area contributed by atoms with Gasteiger partial charge in [-0.1, -0.05) is 49.9 Å². The Bertz CT molecular complexity index is 1520. The van der Waals surface area contributed by atoms with Crippen molar-refractivity contribution in [2.45, 2.75) is 60.4 Å². The van der Waals surface area contributed by atoms with E-state index >= 15 is 0 Å². The van der Waals surface area contributed by atoms with Crippen LogP contribution in [0.3, 0.4) is 0 Å². The number of aryl methyl sites for hydroxylation is 3. The molecule has 1 aliphatic rings. The van der Waals surface area contributed by atoms with Crippen LogP contribution in [0.2, 0.25) is 0 Å². The van der Waals surface area contributed by atoms with E-state index < -0.39 is 0 Å². The van der Waals surface area contributed by atoms with Crippen LogP contribution in [-0.4, -0.2) is 53.1 Å². The summed E-state index contributed by atoms with van der Waals surface area (Å²) in [5, 5.41) is 14.9. The average Bonchev–Trinajstić information content (AvgIpc) is 3.48. The second kappa shape index (κ2) is 14.4. The van der Waals surface area contributed by atoms with Crippen molar-refractivity contribution in [2.75, 3.05) is 38.5 Å². The number of pyridine rings is 1. The fourth-order valence-corrected chi connectivity index (χ4v) is 5.43. The predicted octanol–water partition coefficient (Wildman–Crippen LogP) is 8.56. The Kier molecular flexibility index (Phi) is 10.6. The molecular weight excluding hydrogens is 516 g/mol. The average molecular weight is 565 g/mol. The molecule has 5 heteroatoms. The molecule has 5 nitrogen and oxygen atoms in total. The number of hydrogen-bond acceptors (Lipinski definition) is 5. The van der Waals surface area contributed by atoms with E-state index in [9.17, 15) is 5.11 Å². The van der Waals surface area contributed by atoms with Gasteiger partial charge in [0.1, 0.15) is 11.6 Å². The fourth-order valence-electron chi connectivity index (χ4n) is 5.43. The van der Waals surface area contributed by atoms with Crippen molar-refractivity contribution >= 4 is 22.4 Å². The molecule has 2 N–H and O–H groups in total. The minimum absolute atomic E-state index is 0.307. The molecule has 0 radical (unpaired) electrons. The SMILES string of the molecule is C=C(c1cc(NCc2ccc(C)c(C)c2)nc2ccc(-c3ccc(C)c(O)c3)cc12)N(CC)CCC.CN1CCCC1. The van der Waals surface area contributed by atoms with Crippen molar-refractivity contribution < 1.29 is 5.11 Å². The Balaban J connectivity index is 0.000000600. The second-order valence-electron chi connectivity index (χ2n) is 11.6. The van der Waals surface area contributed by atoms with Gasteiger partial charge in [-0.3, -0.25) is 0 Å². The van der Waals surface area contributed by atoms with E-state index in [1.807, 2.05) is 25.1 Å². The highest BCUT2D eigenvalue weighted by Crippen LogP contribution is 2.33. The van der Waals surface area contributed by atoms with E-state index in [1.54, 1.807) is 0 Å². The van der Waals surface area contributed by atoms with Gasteiger partial charge in [0.2, 0.25) is 0 Å². The third kappa shape index (κ3) is 7.71. The molecule has 0 saturated carbocycles. The van der Waals surface area contributed by atoms with Gasteiger partial charge in [-0.25, -0.2) is 4.98 Å². The van der Waals surface area contributed by atoms with Crippen LogP contribution in [-0.2, 0) is 6.54 Å². The molecule has 0 atom stereocenters. The van der Waals surface area contributed by atoms with E-state index in [0.29, 0.717) is 12.3 Å². The fraction of sp³-hybridized carbons (Fsp3) is 0.378. The molecule has 3 aromatic carbocycles. The van der Waals surface area contributed by atoms with Crippen LogP contribution in [0.1, 0.15) is 60.9 Å². The van der Waals surface area contributed by atoms with Gasteiger partial charge >= 0.3 is 0 Å². The van der Waals surface area contributed by atoms with Crippen LogP contribution in [0.4, 0.5) is 5.82 Å². The first-order chi connectivity index (χ1) is 20.2. The van der Waals surface area contributed by atoms with Gasteiger partial charge < -0.3 is 20.2 Å². The van der Waals surface area contributed by atoms with Gasteiger partial charge in [0.05, 0.1) is 5.52 Å². The van der Waals surface area contributed by atoms with Crippen molar-refractivity contribution in [2.24, 2.45) is 0 Å². The van der Waals surface area contributed by atoms with Crippen LogP contribution >= 0.6 is 0 Å². The Labute approximate surface area is 252 Å². The number of likely N-dealkylation sites (tertiary alicyclic amines) is 1. The Morgan fingerprint density at radius 1 is 0.905 bits per heavy atom. The maximum absolute atomic E-state index is 10.3. The van der Waals surface area contributed by atoms with Crippen LogP contribution in [0, 0.1) is 20.8 Å². The smallest absolute Gasteiger partial charge is 0.127 e. The maximum atomic E-state index is 10.3. The molecule has 0 bridgehead atoms. The highest BCUT2D eigenvalue weighted by atomic mass is 16.3. The molecule has 0 unspecified atom stereocenters. The lowest BCUT2D eigenvalue weighted by Crippen LogP contribution is -2.22. The lowest BCUT2D eigenvalue weighted by atomic mass is 9.98. The zero-order valence-electron chi connectivity index (χ0n) is 26.4. The minimum atomic E-state index is 0.307. The van der Waals surface area contributed by atoms with Crippen LogP contribution in [0.25, 0.3) is 27.7 Å². The number of fused-ring (bicyclic) bond motifs is 1. The molecule has 222 valence electrons. The number of rotatable bonds is 9. The Hall–Kier alpha value is -3.83. The summed E-state index contributed by atoms with van der Waals surface area (Å²) < 4.78 is 0. The summed E-state index contributed by atoms with van der Waals surface area (Å²) in [5.41, 5.74) is 9.73. The highest BCUT2D eigenvalue weighted by Gasteiger charge is 2.15. The largest absolute Gasteiger partial charge is 0.508 e. The molecule has 1 saturated heterocycles. The predicted molar refractivity (Wildman–Crippen MR) is 180 cm³/mol. The number of nitrogens with zero attached hydrogens (tertiary/aromatic N) is 3. The molecule has 2 heterocycles. The van der Waals surface area contributed by atoms with Crippen molar-refractivity contribution in [1.82, 2.24) is 14.8 Å². The van der Waals surface area contributed by atoms with Crippen LogP contribution in [0.15, 0.2) is 67.2 Å². The van der Waals surface area contributed by atoms with Crippen LogP contribution in [0.5, 0.6) is 5.75 Å². The molecular formula is C37H48N4O. The normalized spacial score (nSPS) is 13.1. The molecule has 4 aromatic rings. The van der Waals surface area contributed by atoms with E-state index in [1.165, 1.54) is 42.6 Å². The Morgan fingerprint density at radius 2 is 1.60 bits per heavy atom. The molecule has 5 rings (SSSR count). The van der Waals surface area contributed by atoms with E-state index in [-0.39, 0.29) is 0 Å². The van der Waals surface area contributed by atoms with Crippen molar-refractivity contribution in [3.63, 3.8) is 0 Å². The van der Waals surface area contributed by atoms with E-state index in [2.05, 4.69) is 98.9 Å². The molecule has 0 spiro atoms. The molecule has 1 aliphatic heterocycles. The summed E-state index contributed by atoms with van der Waals surface area (Å²) in [6.45, 7) is 20.3. The summed E-state index contributed by atoms with van der Waals surface area (Å²) >= 11 is 0. The van der Waals surface area contributed by atoms with Gasteiger partial charge in [-0.15, -0.1) is 0 Å². The van der Waals surface area contributed by atoms with Gasteiger partial charge in [0, 0.05) is 36.3 Å². The van der Waals surface area contributed by atoms with E-state index in [0.717, 1.165) is 64.2 Å². The quantitative estimate of drug-likeness (QED) is 0.213. The lowest BCUT2D eigenvalue weighted by Gasteiger charge is -2.26. The van der Waals surface area contributed by atoms with Crippen molar-refractivity contribution in [3.8, 4) is 16.9 Å². The molecule has 0 aliphatic carbocycles. The van der Waals surface area contributed by atoms with Crippen LogP contribution < -0.4 is 5.32 Å². The molecule has 42 heavy (non-hydrogen) atoms. The highest BCUT2D eigenvalue weighted by molar-refractivity contribution is 5.95. The minimum Gasteiger partial charge on any atom is -0.508 e. The first-order valence-electron chi connectivity index (χ1n) is 15.4. The summed E-state index contributed by atoms with van der Waals surface area (Å²) in [7, 11) is 2.17. The number of aromatic nitrogens is 1. The zero-order valence-corrected chi connectivity index (χ0v) is 26.4. The zero-order chi connectivity index (χ0) is 30.2. The number of phenols is 1. The van der Waals surface area contributed by atoms with Gasteiger partial charge in [0.15, 0.2) is 0 Å². The van der Waals surface area contributed by atoms with Gasteiger partial charge in [-0.2, -0.15) is 0 Å². The molecule has 0 amide bonds. The standard InChI is InChI=1S/C32H37N3O.C5H11N/c1-7-15-35(8-2)24(6)28-19-32(33-20-25-11-9-21(3)23(5)16-25)34-30-14-13-26(17-29(28)30)27-12-10-22(4)31(36)18-27;1-6-4-2-3-5-6/h9-14,16-19,36H,6-8,15,20H2,1-5H3,(H,33,34);2-5H2,1H3. The summed E-state index contributed by atoms with van der Waals surface area (Å²) in [6.07, 6.45) is 3.88. The third-order valence-corrected chi connectivity index (χ3v) is 8.29. The maximum Gasteiger partial charge on any atom is 0.127 e. The van der Waals surface area contributed by atoms with Gasteiger partial charge in [0.25, 0.3) is 0 Å². The summed E-state index contributed by atoms with van der Waals surface area (Å²) in [4.78, 5) is 9.64. The molecule has 1 aromatic heterocycles. The number of aromatic hydroxyl groups is 1. The van der Waals surface area contributed by atoms with Crippen molar-refractivity contribution in [1.29, 1.82) is 0 Å². The summed E-state index contributed by atoms with van der Waals surface area (Å²) in [5.74, 6) is 1.14. The number of phenolic OH excluding ortho intramolecular Hbond substituents is 1. The molecule has 1 fully saturated rings. The number of nitrogens with one attached hydrogen (secondary N) is 1. The second-order valence-corrected chi connectivity index (χ2v) is 11.6. The van der Waals surface area contributed by atoms with Crippen molar-refractivity contribution in [3.05, 3.63) is 95.1 Å². The Morgan fingerprint density at radius 3 is 2.21 bits per heavy atom. The topological polar surface area (TPSA) is 51.6 Å². The third-order valence-electron chi connectivity index (χ3n) is 8.29. The first kappa shape index (κ1) is 31.1. The number of hydrogen-bond donors (Lipinski definition) is 2. The number of anilines is 1. The van der Waals surface area contributed by atoms with Gasteiger partial charge in [-0.05, 0) is 125 Å². The summed E-state index contributed by atoms with van der Waals surface area (Å²) in [6, 6.07) is 20.8. The first-order valence-corrected chi connectivity index (χ1v) is 15.4. The monoisotopic (exact) mass is 564 g/mol. The van der Waals surface area contributed by atoms with E-state index in [4.69, 9.17) is 4.98 Å². The number of benzene rings is 3. The lowest BCUT2D eigenvalue weighted by molar-refractivity contribution is 0.418.